The molecule has 0 radical (unpaired) electrons. The molecule has 1 N–H and O–H groups in total. The van der Waals surface area contributed by atoms with E-state index in [9.17, 15) is 15.2 Å². The minimum Gasteiger partial charge on any atom is -0.392 e. The van der Waals surface area contributed by atoms with Gasteiger partial charge in [-0.2, -0.15) is 0 Å². The van der Waals surface area contributed by atoms with Crippen molar-refractivity contribution in [2.24, 2.45) is 0 Å². The van der Waals surface area contributed by atoms with E-state index in [0.29, 0.717) is 13.1 Å². The molecule has 17 heavy (non-hydrogen) atoms. The summed E-state index contributed by atoms with van der Waals surface area (Å²) in [5.74, 6) is 0. The van der Waals surface area contributed by atoms with Gasteiger partial charge in [0.05, 0.1) is 11.0 Å². The maximum absolute atomic E-state index is 10.7. The van der Waals surface area contributed by atoms with Crippen LogP contribution < -0.4 is 0 Å². The molecule has 1 unspecified atom stereocenters. The summed E-state index contributed by atoms with van der Waals surface area (Å²) in [6, 6.07) is 4.81. The smallest absolute Gasteiger partial charge is 0.288 e. The Morgan fingerprint density at radius 1 is 1.59 bits per heavy atom. The van der Waals surface area contributed by atoms with Crippen LogP contribution in [-0.2, 0) is 6.54 Å². The van der Waals surface area contributed by atoms with Crippen molar-refractivity contribution in [3.8, 4) is 0 Å². The number of nitrogens with zero attached hydrogens (tertiary/aromatic N) is 2. The Morgan fingerprint density at radius 2 is 2.35 bits per heavy atom. The lowest BCUT2D eigenvalue weighted by Gasteiger charge is -2.14. The zero-order valence-electron chi connectivity index (χ0n) is 9.17. The summed E-state index contributed by atoms with van der Waals surface area (Å²) in [6.07, 6.45) is 0.479. The number of likely N-dealkylation sites (tertiary alicyclic amines) is 1. The van der Waals surface area contributed by atoms with Crippen LogP contribution in [0.4, 0.5) is 5.69 Å². The van der Waals surface area contributed by atoms with Gasteiger partial charge in [0.15, 0.2) is 0 Å². The number of hydrogen-bond donors (Lipinski definition) is 1. The van der Waals surface area contributed by atoms with Crippen LogP contribution in [0.3, 0.4) is 0 Å². The molecule has 1 aliphatic rings. The Hall–Kier alpha value is -1.17. The zero-order chi connectivity index (χ0) is 12.4. The second-order valence-electron chi connectivity index (χ2n) is 4.22. The van der Waals surface area contributed by atoms with Gasteiger partial charge in [0.1, 0.15) is 5.02 Å². The van der Waals surface area contributed by atoms with Crippen LogP contribution in [0.25, 0.3) is 0 Å². The molecule has 1 saturated heterocycles. The maximum atomic E-state index is 10.7. The molecule has 1 aromatic rings. The van der Waals surface area contributed by atoms with E-state index < -0.39 is 4.92 Å². The van der Waals surface area contributed by atoms with Gasteiger partial charge in [0.25, 0.3) is 5.69 Å². The van der Waals surface area contributed by atoms with E-state index in [1.54, 1.807) is 12.1 Å². The van der Waals surface area contributed by atoms with E-state index in [4.69, 9.17) is 11.6 Å². The lowest BCUT2D eigenvalue weighted by molar-refractivity contribution is -0.384. The standard InChI is InChI=1S/C11H13ClN2O3/c12-10-2-1-8(5-11(10)14(16)17)6-13-4-3-9(15)7-13/h1-2,5,9,15H,3-4,6-7H2. The van der Waals surface area contributed by atoms with Gasteiger partial charge < -0.3 is 5.11 Å². The second-order valence-corrected chi connectivity index (χ2v) is 4.63. The van der Waals surface area contributed by atoms with Crippen molar-refractivity contribution >= 4 is 17.3 Å². The number of aliphatic hydroxyl groups is 1. The fourth-order valence-corrected chi connectivity index (χ4v) is 2.20. The Morgan fingerprint density at radius 3 is 2.94 bits per heavy atom. The summed E-state index contributed by atoms with van der Waals surface area (Å²) in [5, 5.41) is 20.3. The molecular formula is C11H13ClN2O3. The zero-order valence-corrected chi connectivity index (χ0v) is 9.93. The maximum Gasteiger partial charge on any atom is 0.288 e. The highest BCUT2D eigenvalue weighted by Crippen LogP contribution is 2.26. The first-order valence-electron chi connectivity index (χ1n) is 5.39. The van der Waals surface area contributed by atoms with E-state index in [2.05, 4.69) is 4.90 Å². The molecule has 0 spiro atoms. The van der Waals surface area contributed by atoms with Crippen LogP contribution >= 0.6 is 11.6 Å². The van der Waals surface area contributed by atoms with Crippen molar-refractivity contribution in [1.82, 2.24) is 4.90 Å². The molecule has 92 valence electrons. The summed E-state index contributed by atoms with van der Waals surface area (Å²) in [5.41, 5.74) is 0.777. The molecule has 1 atom stereocenters. The molecule has 5 nitrogen and oxygen atoms in total. The minimum atomic E-state index is -0.481. The van der Waals surface area contributed by atoms with Gasteiger partial charge in [-0.15, -0.1) is 0 Å². The largest absolute Gasteiger partial charge is 0.392 e. The quantitative estimate of drug-likeness (QED) is 0.662. The molecule has 6 heteroatoms. The Labute approximate surface area is 104 Å². The molecule has 0 aromatic heterocycles. The lowest BCUT2D eigenvalue weighted by Crippen LogP contribution is -2.21. The predicted octanol–water partition coefficient (Wildman–Crippen LogP) is 1.81. The van der Waals surface area contributed by atoms with Crippen LogP contribution in [0.2, 0.25) is 5.02 Å². The summed E-state index contributed by atoms with van der Waals surface area (Å²) in [7, 11) is 0. The van der Waals surface area contributed by atoms with E-state index in [-0.39, 0.29) is 16.8 Å². The van der Waals surface area contributed by atoms with Crippen LogP contribution in [0, 0.1) is 10.1 Å². The van der Waals surface area contributed by atoms with E-state index in [1.807, 2.05) is 0 Å². The van der Waals surface area contributed by atoms with E-state index in [0.717, 1.165) is 18.5 Å². The Kier molecular flexibility index (Phi) is 3.61. The van der Waals surface area contributed by atoms with Crippen molar-refractivity contribution in [3.63, 3.8) is 0 Å². The summed E-state index contributed by atoms with van der Waals surface area (Å²) < 4.78 is 0. The second kappa shape index (κ2) is 5.00. The van der Waals surface area contributed by atoms with E-state index >= 15 is 0 Å². The van der Waals surface area contributed by atoms with Crippen molar-refractivity contribution in [1.29, 1.82) is 0 Å². The molecule has 1 fully saturated rings. The highest BCUT2D eigenvalue weighted by Gasteiger charge is 2.21. The van der Waals surface area contributed by atoms with Crippen molar-refractivity contribution in [3.05, 3.63) is 38.9 Å². The first kappa shape index (κ1) is 12.3. The van der Waals surface area contributed by atoms with Crippen LogP contribution in [0.5, 0.6) is 0 Å². The molecular weight excluding hydrogens is 244 g/mol. The average molecular weight is 257 g/mol. The number of halogens is 1. The predicted molar refractivity (Wildman–Crippen MR) is 64.0 cm³/mol. The summed E-state index contributed by atoms with van der Waals surface area (Å²) >= 11 is 5.74. The molecule has 1 aromatic carbocycles. The van der Waals surface area contributed by atoms with Gasteiger partial charge in [-0.3, -0.25) is 15.0 Å². The number of nitro benzene ring substituents is 1. The molecule has 0 aliphatic carbocycles. The van der Waals surface area contributed by atoms with Gasteiger partial charge in [-0.1, -0.05) is 17.7 Å². The van der Waals surface area contributed by atoms with Gasteiger partial charge in [0.2, 0.25) is 0 Å². The third-order valence-corrected chi connectivity index (χ3v) is 3.18. The summed E-state index contributed by atoms with van der Waals surface area (Å²) in [4.78, 5) is 12.3. The Balaban J connectivity index is 2.11. The van der Waals surface area contributed by atoms with Crippen LogP contribution in [0.15, 0.2) is 18.2 Å². The number of rotatable bonds is 3. The highest BCUT2D eigenvalue weighted by molar-refractivity contribution is 6.32. The van der Waals surface area contributed by atoms with Gasteiger partial charge in [0, 0.05) is 25.7 Å². The monoisotopic (exact) mass is 256 g/mol. The highest BCUT2D eigenvalue weighted by atomic mass is 35.5. The Bertz CT molecular complexity index is 439. The fraction of sp³-hybridized carbons (Fsp3) is 0.455. The van der Waals surface area contributed by atoms with Crippen molar-refractivity contribution in [2.45, 2.75) is 19.1 Å². The van der Waals surface area contributed by atoms with Gasteiger partial charge in [-0.05, 0) is 18.1 Å². The first-order valence-corrected chi connectivity index (χ1v) is 5.77. The normalized spacial score (nSPS) is 20.7. The van der Waals surface area contributed by atoms with Gasteiger partial charge >= 0.3 is 0 Å². The molecule has 0 bridgehead atoms. The molecule has 2 rings (SSSR count). The average Bonchev–Trinajstić information content (AvgIpc) is 2.66. The number of benzene rings is 1. The number of aliphatic hydroxyl groups excluding tert-OH is 1. The van der Waals surface area contributed by atoms with Gasteiger partial charge in [-0.25, -0.2) is 0 Å². The van der Waals surface area contributed by atoms with E-state index in [1.165, 1.54) is 6.07 Å². The third kappa shape index (κ3) is 2.94. The third-order valence-electron chi connectivity index (χ3n) is 2.86. The lowest BCUT2D eigenvalue weighted by atomic mass is 10.2. The number of β-amino-alcohol motifs (C(OH)–C–C–N with tert-alkyl or cyclic N) is 1. The first-order chi connectivity index (χ1) is 8.06. The molecule has 0 saturated carbocycles. The molecule has 1 heterocycles. The number of nitro groups is 1. The molecule has 1 aliphatic heterocycles. The summed E-state index contributed by atoms with van der Waals surface area (Å²) in [6.45, 7) is 2.04. The SMILES string of the molecule is O=[N+]([O-])c1cc(CN2CCC(O)C2)ccc1Cl. The fourth-order valence-electron chi connectivity index (χ4n) is 2.01. The minimum absolute atomic E-state index is 0.0658. The van der Waals surface area contributed by atoms with Crippen molar-refractivity contribution in [2.75, 3.05) is 13.1 Å². The van der Waals surface area contributed by atoms with Crippen LogP contribution in [-0.4, -0.2) is 34.1 Å². The van der Waals surface area contributed by atoms with Crippen molar-refractivity contribution < 1.29 is 10.0 Å². The van der Waals surface area contributed by atoms with Crippen LogP contribution in [0.1, 0.15) is 12.0 Å². The topological polar surface area (TPSA) is 66.6 Å². The number of hydrogen-bond acceptors (Lipinski definition) is 4. The molecule has 0 amide bonds.